The van der Waals surface area contributed by atoms with Crippen molar-refractivity contribution in [1.82, 2.24) is 29.7 Å². The zero-order valence-electron chi connectivity index (χ0n) is 18.0. The van der Waals surface area contributed by atoms with Crippen LogP contribution in [0.3, 0.4) is 0 Å². The molecule has 0 spiro atoms. The maximum absolute atomic E-state index is 6.34. The summed E-state index contributed by atoms with van der Waals surface area (Å²) in [6, 6.07) is 12.7. The Balaban J connectivity index is 1.36. The second-order valence-corrected chi connectivity index (χ2v) is 8.91. The minimum absolute atomic E-state index is 0.534. The number of aromatic nitrogens is 5. The van der Waals surface area contributed by atoms with Crippen LogP contribution in [0.25, 0.3) is 17.2 Å². The highest BCUT2D eigenvalue weighted by atomic mass is 15.3. The molecule has 0 saturated carbocycles. The standard InChI is InChI=1S/C25H27N7/c26-25-24-22(12-21(32(24)29-16-28-25)10-18-8-9-27-13-18)19-6-7-20-15-31(30-23(20)11-19)14-17-4-2-1-3-5-17/h1-5,11-12,15-16,18,27H,6-10,13-14H2,(H2,26,28,29). The minimum atomic E-state index is 0.534. The third-order valence-corrected chi connectivity index (χ3v) is 6.69. The van der Waals surface area contributed by atoms with Crippen LogP contribution in [0.1, 0.15) is 40.9 Å². The third-order valence-electron chi connectivity index (χ3n) is 6.69. The van der Waals surface area contributed by atoms with Gasteiger partial charge in [-0.05, 0) is 73.5 Å². The molecule has 1 aliphatic carbocycles. The van der Waals surface area contributed by atoms with Crippen molar-refractivity contribution < 1.29 is 0 Å². The Morgan fingerprint density at radius 2 is 2.06 bits per heavy atom. The lowest BCUT2D eigenvalue weighted by atomic mass is 9.92. The minimum Gasteiger partial charge on any atom is -0.382 e. The molecule has 1 fully saturated rings. The highest BCUT2D eigenvalue weighted by molar-refractivity contribution is 5.93. The van der Waals surface area contributed by atoms with E-state index in [9.17, 15) is 0 Å². The van der Waals surface area contributed by atoms with Gasteiger partial charge < -0.3 is 11.1 Å². The highest BCUT2D eigenvalue weighted by Gasteiger charge is 2.23. The summed E-state index contributed by atoms with van der Waals surface area (Å²) in [4.78, 5) is 4.29. The molecule has 6 rings (SSSR count). The number of nitrogens with one attached hydrogen (secondary N) is 1. The molecule has 3 N–H and O–H groups in total. The lowest BCUT2D eigenvalue weighted by Gasteiger charge is -2.12. The van der Waals surface area contributed by atoms with Gasteiger partial charge in [0, 0.05) is 17.5 Å². The summed E-state index contributed by atoms with van der Waals surface area (Å²) < 4.78 is 4.05. The number of nitrogen functional groups attached to an aromatic ring is 1. The first-order valence-electron chi connectivity index (χ1n) is 11.4. The van der Waals surface area contributed by atoms with E-state index in [0.29, 0.717) is 11.7 Å². The van der Waals surface area contributed by atoms with Crippen molar-refractivity contribution in [2.75, 3.05) is 18.8 Å². The van der Waals surface area contributed by atoms with Crippen LogP contribution in [0.15, 0.2) is 48.9 Å². The molecule has 4 heterocycles. The molecule has 1 saturated heterocycles. The van der Waals surface area contributed by atoms with E-state index in [1.54, 1.807) is 6.33 Å². The van der Waals surface area contributed by atoms with Crippen LogP contribution in [0.2, 0.25) is 0 Å². The molecule has 4 aromatic rings. The predicted molar refractivity (Wildman–Crippen MR) is 126 cm³/mol. The second kappa shape index (κ2) is 7.91. The van der Waals surface area contributed by atoms with Gasteiger partial charge in [-0.25, -0.2) is 9.50 Å². The van der Waals surface area contributed by atoms with E-state index in [-0.39, 0.29) is 0 Å². The Hall–Kier alpha value is -3.45. The molecule has 0 radical (unpaired) electrons. The molecule has 1 aliphatic heterocycles. The van der Waals surface area contributed by atoms with Gasteiger partial charge in [-0.1, -0.05) is 30.3 Å². The number of hydrogen-bond donors (Lipinski definition) is 2. The Morgan fingerprint density at radius 1 is 1.16 bits per heavy atom. The van der Waals surface area contributed by atoms with Crippen molar-refractivity contribution in [3.8, 4) is 0 Å². The van der Waals surface area contributed by atoms with Crippen LogP contribution in [0, 0.1) is 5.92 Å². The summed E-state index contributed by atoms with van der Waals surface area (Å²) in [5.41, 5.74) is 14.5. The third kappa shape index (κ3) is 3.48. The summed E-state index contributed by atoms with van der Waals surface area (Å²) in [7, 11) is 0. The number of hydrogen-bond acceptors (Lipinski definition) is 5. The molecule has 7 heteroatoms. The molecular weight excluding hydrogens is 398 g/mol. The summed E-state index contributed by atoms with van der Waals surface area (Å²) in [6.07, 6.45) is 10.1. The average molecular weight is 426 g/mol. The van der Waals surface area contributed by atoms with Crippen molar-refractivity contribution in [2.45, 2.75) is 32.2 Å². The van der Waals surface area contributed by atoms with Crippen LogP contribution in [-0.4, -0.2) is 37.5 Å². The van der Waals surface area contributed by atoms with E-state index in [2.05, 4.69) is 58.0 Å². The fourth-order valence-electron chi connectivity index (χ4n) is 5.07. The number of allylic oxidation sites excluding steroid dienone is 1. The number of benzene rings is 1. The summed E-state index contributed by atoms with van der Waals surface area (Å²) in [5.74, 6) is 1.17. The normalized spacial score (nSPS) is 18.1. The van der Waals surface area contributed by atoms with Crippen molar-refractivity contribution in [3.05, 3.63) is 77.0 Å². The molecule has 3 aromatic heterocycles. The van der Waals surface area contributed by atoms with Crippen LogP contribution in [0.4, 0.5) is 5.82 Å². The fraction of sp³-hybridized carbons (Fsp3) is 0.320. The maximum Gasteiger partial charge on any atom is 0.151 e. The number of anilines is 1. The topological polar surface area (TPSA) is 86.1 Å². The monoisotopic (exact) mass is 425 g/mol. The lowest BCUT2D eigenvalue weighted by molar-refractivity contribution is 0.563. The fourth-order valence-corrected chi connectivity index (χ4v) is 5.07. The first-order valence-corrected chi connectivity index (χ1v) is 11.4. The summed E-state index contributed by atoms with van der Waals surface area (Å²) in [6.45, 7) is 2.94. The molecule has 0 amide bonds. The summed E-state index contributed by atoms with van der Waals surface area (Å²) >= 11 is 0. The van der Waals surface area contributed by atoms with Gasteiger partial charge in [0.2, 0.25) is 0 Å². The van der Waals surface area contributed by atoms with Crippen LogP contribution in [0.5, 0.6) is 0 Å². The first-order chi connectivity index (χ1) is 15.7. The largest absolute Gasteiger partial charge is 0.382 e. The summed E-state index contributed by atoms with van der Waals surface area (Å²) in [5, 5.41) is 12.9. The highest BCUT2D eigenvalue weighted by Crippen LogP contribution is 2.35. The lowest BCUT2D eigenvalue weighted by Crippen LogP contribution is -2.12. The molecule has 1 unspecified atom stereocenters. The average Bonchev–Trinajstić information content (AvgIpc) is 3.54. The molecule has 1 aromatic carbocycles. The van der Waals surface area contributed by atoms with Gasteiger partial charge in [0.1, 0.15) is 11.8 Å². The SMILES string of the molecule is Nc1ncnn2c(CC3CCNC3)cc(C3=Cc4nn(Cc5ccccc5)cc4CC3)c12. The molecule has 0 bridgehead atoms. The van der Waals surface area contributed by atoms with E-state index < -0.39 is 0 Å². The Kier molecular flexibility index (Phi) is 4.76. The van der Waals surface area contributed by atoms with Crippen LogP contribution >= 0.6 is 0 Å². The van der Waals surface area contributed by atoms with Gasteiger partial charge in [-0.15, -0.1) is 0 Å². The van der Waals surface area contributed by atoms with Gasteiger partial charge in [-0.3, -0.25) is 4.68 Å². The van der Waals surface area contributed by atoms with Gasteiger partial charge in [0.25, 0.3) is 0 Å². The van der Waals surface area contributed by atoms with E-state index >= 15 is 0 Å². The molecule has 162 valence electrons. The molecular formula is C25H27N7. The quantitative estimate of drug-likeness (QED) is 0.513. The number of aryl methyl sites for hydroxylation is 1. The number of fused-ring (bicyclic) bond motifs is 2. The molecule has 1 atom stereocenters. The zero-order valence-corrected chi connectivity index (χ0v) is 18.0. The van der Waals surface area contributed by atoms with Crippen molar-refractivity contribution in [2.24, 2.45) is 5.92 Å². The molecule has 32 heavy (non-hydrogen) atoms. The van der Waals surface area contributed by atoms with Crippen molar-refractivity contribution >= 4 is 23.0 Å². The van der Waals surface area contributed by atoms with Gasteiger partial charge in [0.15, 0.2) is 5.82 Å². The number of nitrogens with zero attached hydrogens (tertiary/aromatic N) is 5. The second-order valence-electron chi connectivity index (χ2n) is 8.91. The van der Waals surface area contributed by atoms with Crippen molar-refractivity contribution in [1.29, 1.82) is 0 Å². The van der Waals surface area contributed by atoms with Crippen molar-refractivity contribution in [3.63, 3.8) is 0 Å². The Bertz CT molecular complexity index is 1290. The van der Waals surface area contributed by atoms with E-state index in [1.165, 1.54) is 28.8 Å². The van der Waals surface area contributed by atoms with Gasteiger partial charge in [-0.2, -0.15) is 10.2 Å². The van der Waals surface area contributed by atoms with Gasteiger partial charge in [0.05, 0.1) is 12.2 Å². The van der Waals surface area contributed by atoms with Gasteiger partial charge >= 0.3 is 0 Å². The Morgan fingerprint density at radius 3 is 2.91 bits per heavy atom. The van der Waals surface area contributed by atoms with E-state index in [0.717, 1.165) is 55.7 Å². The van der Waals surface area contributed by atoms with E-state index in [1.807, 2.05) is 15.3 Å². The van der Waals surface area contributed by atoms with Crippen LogP contribution < -0.4 is 11.1 Å². The zero-order chi connectivity index (χ0) is 21.5. The maximum atomic E-state index is 6.34. The van der Waals surface area contributed by atoms with E-state index in [4.69, 9.17) is 10.8 Å². The first kappa shape index (κ1) is 19.3. The molecule has 7 nitrogen and oxygen atoms in total. The number of nitrogens with two attached hydrogens (primary N) is 1. The number of rotatable bonds is 5. The smallest absolute Gasteiger partial charge is 0.151 e. The van der Waals surface area contributed by atoms with Crippen LogP contribution in [-0.2, 0) is 19.4 Å². The Labute approximate surface area is 187 Å². The predicted octanol–water partition coefficient (Wildman–Crippen LogP) is 3.20. The molecule has 2 aliphatic rings.